The highest BCUT2D eigenvalue weighted by Gasteiger charge is 2.35. The number of carbonyl (C=O) groups excluding carboxylic acids is 2. The number of aryl methyl sites for hydroxylation is 1. The number of hydrogen-bond donors (Lipinski definition) is 1. The van der Waals surface area contributed by atoms with E-state index in [-0.39, 0.29) is 29.5 Å². The highest BCUT2D eigenvalue weighted by atomic mass is 32.2. The van der Waals surface area contributed by atoms with Gasteiger partial charge in [0, 0.05) is 19.5 Å². The van der Waals surface area contributed by atoms with Gasteiger partial charge in [0.2, 0.25) is 11.8 Å². The Bertz CT molecular complexity index is 1630. The van der Waals surface area contributed by atoms with E-state index < -0.39 is 28.5 Å². The van der Waals surface area contributed by atoms with Gasteiger partial charge in [0.15, 0.2) is 0 Å². The Hall–Kier alpha value is -4.63. The van der Waals surface area contributed by atoms with Crippen LogP contribution in [0.1, 0.15) is 30.0 Å². The Morgan fingerprint density at radius 3 is 2.02 bits per heavy atom. The number of benzene rings is 4. The number of ether oxygens (including phenoxy) is 1. The quantitative estimate of drug-likeness (QED) is 0.207. The van der Waals surface area contributed by atoms with Gasteiger partial charge in [-0.2, -0.15) is 0 Å². The number of amides is 2. The minimum atomic E-state index is -4.22. The summed E-state index contributed by atoms with van der Waals surface area (Å²) >= 11 is 0. The summed E-state index contributed by atoms with van der Waals surface area (Å²) in [4.78, 5) is 29.7. The van der Waals surface area contributed by atoms with Crippen LogP contribution >= 0.6 is 0 Å². The number of nitrogens with zero attached hydrogens (tertiary/aromatic N) is 2. The predicted molar refractivity (Wildman–Crippen MR) is 173 cm³/mol. The van der Waals surface area contributed by atoms with Crippen LogP contribution in [-0.2, 0) is 32.6 Å². The molecule has 1 N–H and O–H groups in total. The topological polar surface area (TPSA) is 96.0 Å². The molecule has 0 radical (unpaired) electrons. The summed E-state index contributed by atoms with van der Waals surface area (Å²) in [5, 5.41) is 2.96. The first kappa shape index (κ1) is 32.3. The lowest BCUT2D eigenvalue weighted by molar-refractivity contribution is -0.140. The van der Waals surface area contributed by atoms with Gasteiger partial charge in [0.1, 0.15) is 18.3 Å². The van der Waals surface area contributed by atoms with E-state index in [0.717, 1.165) is 27.4 Å². The summed E-state index contributed by atoms with van der Waals surface area (Å²) < 4.78 is 35.0. The van der Waals surface area contributed by atoms with E-state index in [1.807, 2.05) is 80.6 Å². The van der Waals surface area contributed by atoms with Crippen LogP contribution in [0.5, 0.6) is 5.75 Å². The van der Waals surface area contributed by atoms with Crippen LogP contribution in [0.3, 0.4) is 0 Å². The van der Waals surface area contributed by atoms with E-state index in [4.69, 9.17) is 4.74 Å². The van der Waals surface area contributed by atoms with Crippen LogP contribution in [0.4, 0.5) is 5.69 Å². The van der Waals surface area contributed by atoms with Gasteiger partial charge >= 0.3 is 0 Å². The minimum absolute atomic E-state index is 0.0347. The van der Waals surface area contributed by atoms with Crippen molar-refractivity contribution in [2.75, 3.05) is 24.5 Å². The average Bonchev–Trinajstić information content (AvgIpc) is 3.05. The van der Waals surface area contributed by atoms with Crippen LogP contribution in [0.25, 0.3) is 0 Å². The van der Waals surface area contributed by atoms with E-state index in [2.05, 4.69) is 5.32 Å². The third kappa shape index (κ3) is 8.05. The lowest BCUT2D eigenvalue weighted by atomic mass is 10.0. The fourth-order valence-electron chi connectivity index (χ4n) is 4.93. The van der Waals surface area contributed by atoms with Crippen LogP contribution < -0.4 is 14.4 Å². The molecule has 4 rings (SSSR count). The summed E-state index contributed by atoms with van der Waals surface area (Å²) in [6.45, 7) is 3.82. The maximum absolute atomic E-state index is 14.5. The molecule has 4 aromatic rings. The second-order valence-corrected chi connectivity index (χ2v) is 12.4. The highest BCUT2D eigenvalue weighted by molar-refractivity contribution is 7.92. The van der Waals surface area contributed by atoms with E-state index >= 15 is 0 Å². The number of rotatable bonds is 14. The molecule has 0 aliphatic carbocycles. The normalized spacial score (nSPS) is 11.8. The van der Waals surface area contributed by atoms with Gasteiger partial charge in [-0.25, -0.2) is 8.42 Å². The Morgan fingerprint density at radius 2 is 1.43 bits per heavy atom. The third-order valence-corrected chi connectivity index (χ3v) is 9.00. The lowest BCUT2D eigenvalue weighted by Crippen LogP contribution is -2.53. The smallest absolute Gasteiger partial charge is 0.264 e. The zero-order chi connectivity index (χ0) is 31.5. The molecule has 9 heteroatoms. The minimum Gasteiger partial charge on any atom is -0.495 e. The maximum atomic E-state index is 14.5. The van der Waals surface area contributed by atoms with Gasteiger partial charge in [0.25, 0.3) is 10.0 Å². The number of methoxy groups -OCH3 is 1. The molecule has 4 aromatic carbocycles. The summed E-state index contributed by atoms with van der Waals surface area (Å²) in [5.74, 6) is -0.519. The van der Waals surface area contributed by atoms with E-state index in [0.29, 0.717) is 12.3 Å². The van der Waals surface area contributed by atoms with Crippen molar-refractivity contribution in [2.45, 2.75) is 44.2 Å². The van der Waals surface area contributed by atoms with E-state index in [1.165, 1.54) is 24.1 Å². The van der Waals surface area contributed by atoms with E-state index in [1.54, 1.807) is 30.3 Å². The maximum Gasteiger partial charge on any atom is 0.264 e. The first-order chi connectivity index (χ1) is 21.2. The first-order valence-corrected chi connectivity index (χ1v) is 16.1. The van der Waals surface area contributed by atoms with Crippen molar-refractivity contribution >= 4 is 27.5 Å². The average molecular weight is 614 g/mol. The summed E-state index contributed by atoms with van der Waals surface area (Å²) in [5.41, 5.74) is 2.72. The van der Waals surface area contributed by atoms with Gasteiger partial charge in [0.05, 0.1) is 17.7 Å². The van der Waals surface area contributed by atoms with Crippen molar-refractivity contribution in [3.63, 3.8) is 0 Å². The molecule has 2 amide bonds. The second-order valence-electron chi connectivity index (χ2n) is 10.5. The Labute approximate surface area is 260 Å². The summed E-state index contributed by atoms with van der Waals surface area (Å²) in [6, 6.07) is 31.1. The van der Waals surface area contributed by atoms with Gasteiger partial charge < -0.3 is 15.0 Å². The standard InChI is InChI=1S/C35H39N3O5S/c1-4-22-36-35(40)32(24-28-14-8-5-9-15-28)37(25-29-16-10-6-11-17-29)34(39)26-38(31-23-27(2)20-21-33(31)43-3)44(41,42)30-18-12-7-13-19-30/h5-21,23,32H,4,22,24-26H2,1-3H3,(H,36,40)/t32-/m0/s1. The summed E-state index contributed by atoms with van der Waals surface area (Å²) in [7, 11) is -2.76. The van der Waals surface area contributed by atoms with Crippen LogP contribution in [0.15, 0.2) is 114 Å². The third-order valence-electron chi connectivity index (χ3n) is 7.23. The largest absolute Gasteiger partial charge is 0.495 e. The van der Waals surface area contributed by atoms with Crippen LogP contribution in [-0.4, -0.2) is 51.4 Å². The number of sulfonamides is 1. The first-order valence-electron chi connectivity index (χ1n) is 14.6. The van der Waals surface area contributed by atoms with Crippen molar-refractivity contribution in [3.05, 3.63) is 126 Å². The molecule has 0 aliphatic heterocycles. The molecule has 8 nitrogen and oxygen atoms in total. The molecule has 0 saturated heterocycles. The molecule has 0 spiro atoms. The SMILES string of the molecule is CCCNC(=O)[C@H](Cc1ccccc1)N(Cc1ccccc1)C(=O)CN(c1cc(C)ccc1OC)S(=O)(=O)c1ccccc1. The molecule has 0 aromatic heterocycles. The molecule has 44 heavy (non-hydrogen) atoms. The zero-order valence-electron chi connectivity index (χ0n) is 25.3. The van der Waals surface area contributed by atoms with Crippen molar-refractivity contribution in [2.24, 2.45) is 0 Å². The van der Waals surface area contributed by atoms with E-state index in [9.17, 15) is 18.0 Å². The van der Waals surface area contributed by atoms with Crippen LogP contribution in [0, 0.1) is 6.92 Å². The van der Waals surface area contributed by atoms with Gasteiger partial charge in [-0.15, -0.1) is 0 Å². The van der Waals surface area contributed by atoms with Crippen molar-refractivity contribution in [1.82, 2.24) is 10.2 Å². The van der Waals surface area contributed by atoms with Gasteiger partial charge in [-0.1, -0.05) is 91.9 Å². The molecule has 0 heterocycles. The Morgan fingerprint density at radius 1 is 0.841 bits per heavy atom. The van der Waals surface area contributed by atoms with Crippen LogP contribution in [0.2, 0.25) is 0 Å². The number of carbonyl (C=O) groups is 2. The molecule has 0 aliphatic rings. The summed E-state index contributed by atoms with van der Waals surface area (Å²) in [6.07, 6.45) is 0.987. The second kappa shape index (κ2) is 15.2. The lowest BCUT2D eigenvalue weighted by Gasteiger charge is -2.34. The van der Waals surface area contributed by atoms with Gasteiger partial charge in [-0.3, -0.25) is 13.9 Å². The molecule has 230 valence electrons. The molecule has 0 fully saturated rings. The molecular weight excluding hydrogens is 574 g/mol. The molecule has 0 bridgehead atoms. The fourth-order valence-corrected chi connectivity index (χ4v) is 6.37. The zero-order valence-corrected chi connectivity index (χ0v) is 26.2. The molecule has 1 atom stereocenters. The molecule has 0 saturated carbocycles. The predicted octanol–water partition coefficient (Wildman–Crippen LogP) is 5.37. The van der Waals surface area contributed by atoms with Gasteiger partial charge in [-0.05, 0) is 54.3 Å². The van der Waals surface area contributed by atoms with Crippen molar-refractivity contribution in [1.29, 1.82) is 0 Å². The number of nitrogens with one attached hydrogen (secondary N) is 1. The Kier molecular flexibility index (Phi) is 11.2. The van der Waals surface area contributed by atoms with Crippen molar-refractivity contribution in [3.8, 4) is 5.75 Å². The highest BCUT2D eigenvalue weighted by Crippen LogP contribution is 2.34. The molecule has 0 unspecified atom stereocenters. The fraction of sp³-hybridized carbons (Fsp3) is 0.257. The monoisotopic (exact) mass is 613 g/mol. The van der Waals surface area contributed by atoms with Crippen molar-refractivity contribution < 1.29 is 22.7 Å². The Balaban J connectivity index is 1.82. The molecular formula is C35H39N3O5S. The number of hydrogen-bond acceptors (Lipinski definition) is 5. The number of anilines is 1.